The summed E-state index contributed by atoms with van der Waals surface area (Å²) in [5.74, 6) is -1.01. The van der Waals surface area contributed by atoms with Crippen molar-refractivity contribution >= 4 is 17.7 Å². The summed E-state index contributed by atoms with van der Waals surface area (Å²) in [4.78, 5) is 40.9. The Morgan fingerprint density at radius 1 is 0.976 bits per heavy atom. The van der Waals surface area contributed by atoms with Crippen molar-refractivity contribution in [1.29, 1.82) is 0 Å². The van der Waals surface area contributed by atoms with Crippen LogP contribution in [0, 0.1) is 0 Å². The molecule has 0 saturated heterocycles. The Bertz CT molecular complexity index is 1410. The molecule has 3 aromatic rings. The van der Waals surface area contributed by atoms with E-state index in [2.05, 4.69) is 25.2 Å². The predicted molar refractivity (Wildman–Crippen MR) is 146 cm³/mol. The third-order valence-corrected chi connectivity index (χ3v) is 6.67. The van der Waals surface area contributed by atoms with Crippen LogP contribution in [0.1, 0.15) is 61.9 Å². The summed E-state index contributed by atoms with van der Waals surface area (Å²) >= 11 is 0. The Morgan fingerprint density at radius 3 is 2.50 bits per heavy atom. The monoisotopic (exact) mass is 587 g/mol. The average molecular weight is 588 g/mol. The van der Waals surface area contributed by atoms with Gasteiger partial charge in [-0.1, -0.05) is 18.6 Å². The lowest BCUT2D eigenvalue weighted by molar-refractivity contribution is -0.274. The molecule has 1 aromatic carbocycles. The number of hydrogen-bond acceptors (Lipinski definition) is 8. The third kappa shape index (κ3) is 10.3. The van der Waals surface area contributed by atoms with E-state index in [0.29, 0.717) is 36.3 Å². The second-order valence-corrected chi connectivity index (χ2v) is 10.1. The Kier molecular flexibility index (Phi) is 10.6. The van der Waals surface area contributed by atoms with Crippen LogP contribution in [0.2, 0.25) is 0 Å². The summed E-state index contributed by atoms with van der Waals surface area (Å²) in [6.07, 6.45) is 3.67. The van der Waals surface area contributed by atoms with Crippen LogP contribution in [0.25, 0.3) is 0 Å². The van der Waals surface area contributed by atoms with E-state index in [1.165, 1.54) is 23.1 Å². The lowest BCUT2D eigenvalue weighted by Gasteiger charge is -2.21. The molecule has 42 heavy (non-hydrogen) atoms. The fourth-order valence-corrected chi connectivity index (χ4v) is 4.66. The number of ether oxygens (including phenoxy) is 2. The van der Waals surface area contributed by atoms with Crippen molar-refractivity contribution in [3.05, 3.63) is 76.1 Å². The van der Waals surface area contributed by atoms with E-state index >= 15 is 0 Å². The number of carbonyl (C=O) groups excluding carboxylic acids is 2. The number of aryl methyl sites for hydroxylation is 2. The number of carbonyl (C=O) groups is 2. The molecule has 2 heterocycles. The molecule has 0 bridgehead atoms. The summed E-state index contributed by atoms with van der Waals surface area (Å²) in [5, 5.41) is 10.7. The molecule has 1 saturated carbocycles. The van der Waals surface area contributed by atoms with Crippen LogP contribution in [-0.2, 0) is 40.1 Å². The fraction of sp³-hybridized carbons (Fsp3) is 0.448. The summed E-state index contributed by atoms with van der Waals surface area (Å²) in [6, 6.07) is 10.2. The standard InChI is InChI=1S/C29H32F3N5O5/c30-29(31,32)42-24-11-6-7-20(17-24)18-26(38)34-25-13-12-21(35-36-25)8-4-5-15-37-16-14-22(33-28(37)40)19-27(39)41-23-9-2-1-3-10-23/h6-7,11-14,16-17,23H,1-5,8-10,15,18-19H2,(H,34,36,38). The van der Waals surface area contributed by atoms with Crippen LogP contribution in [0.4, 0.5) is 19.0 Å². The first-order valence-corrected chi connectivity index (χ1v) is 13.9. The smallest absolute Gasteiger partial charge is 0.462 e. The molecule has 0 aliphatic heterocycles. The second kappa shape index (κ2) is 14.6. The van der Waals surface area contributed by atoms with Crippen LogP contribution < -0.4 is 15.7 Å². The number of nitrogens with one attached hydrogen (secondary N) is 1. The molecule has 0 radical (unpaired) electrons. The van der Waals surface area contributed by atoms with Crippen molar-refractivity contribution in [2.75, 3.05) is 5.32 Å². The number of nitrogens with zero attached hydrogens (tertiary/aromatic N) is 4. The predicted octanol–water partition coefficient (Wildman–Crippen LogP) is 4.55. The van der Waals surface area contributed by atoms with E-state index in [0.717, 1.165) is 44.2 Å². The van der Waals surface area contributed by atoms with Crippen LogP contribution >= 0.6 is 0 Å². The molecule has 13 heteroatoms. The number of halogens is 3. The highest BCUT2D eigenvalue weighted by atomic mass is 19.4. The van der Waals surface area contributed by atoms with Gasteiger partial charge in [0.1, 0.15) is 11.9 Å². The van der Waals surface area contributed by atoms with Gasteiger partial charge in [-0.05, 0) is 80.8 Å². The van der Waals surface area contributed by atoms with E-state index in [9.17, 15) is 27.6 Å². The topological polar surface area (TPSA) is 125 Å². The van der Waals surface area contributed by atoms with E-state index in [1.807, 2.05) is 0 Å². The number of alkyl halides is 3. The summed E-state index contributed by atoms with van der Waals surface area (Å²) in [6.45, 7) is 0.454. The van der Waals surface area contributed by atoms with Gasteiger partial charge >= 0.3 is 18.0 Å². The molecule has 1 N–H and O–H groups in total. The third-order valence-electron chi connectivity index (χ3n) is 6.67. The zero-order chi connectivity index (χ0) is 30.0. The van der Waals surface area contributed by atoms with Gasteiger partial charge in [-0.3, -0.25) is 14.2 Å². The van der Waals surface area contributed by atoms with Crippen molar-refractivity contribution in [2.45, 2.75) is 83.2 Å². The Hall–Kier alpha value is -4.29. The summed E-state index contributed by atoms with van der Waals surface area (Å²) in [5.41, 5.74) is 1.02. The van der Waals surface area contributed by atoms with Crippen molar-refractivity contribution in [1.82, 2.24) is 19.7 Å². The Labute approximate surface area is 240 Å². The quantitative estimate of drug-likeness (QED) is 0.242. The molecular weight excluding hydrogens is 555 g/mol. The lowest BCUT2D eigenvalue weighted by Crippen LogP contribution is -2.26. The Morgan fingerprint density at radius 2 is 1.79 bits per heavy atom. The van der Waals surface area contributed by atoms with Gasteiger partial charge in [0.15, 0.2) is 5.82 Å². The molecule has 0 atom stereocenters. The first kappa shape index (κ1) is 30.7. The second-order valence-electron chi connectivity index (χ2n) is 10.1. The molecule has 1 aliphatic carbocycles. The maximum atomic E-state index is 12.4. The van der Waals surface area contributed by atoms with Crippen molar-refractivity contribution in [3.63, 3.8) is 0 Å². The first-order valence-electron chi connectivity index (χ1n) is 13.9. The number of aromatic nitrogens is 4. The molecule has 224 valence electrons. The van der Waals surface area contributed by atoms with Gasteiger partial charge in [0.2, 0.25) is 5.91 Å². The van der Waals surface area contributed by atoms with Gasteiger partial charge in [0.25, 0.3) is 0 Å². The number of benzene rings is 1. The number of anilines is 1. The van der Waals surface area contributed by atoms with Gasteiger partial charge < -0.3 is 14.8 Å². The zero-order valence-electron chi connectivity index (χ0n) is 22.9. The Balaban J connectivity index is 1.17. The molecule has 1 amide bonds. The molecule has 4 rings (SSSR count). The van der Waals surface area contributed by atoms with Gasteiger partial charge in [0.05, 0.1) is 24.2 Å². The highest BCUT2D eigenvalue weighted by molar-refractivity contribution is 5.91. The normalized spacial score (nSPS) is 13.9. The maximum Gasteiger partial charge on any atom is 0.573 e. The molecule has 10 nitrogen and oxygen atoms in total. The highest BCUT2D eigenvalue weighted by Gasteiger charge is 2.31. The SMILES string of the molecule is O=C(Cc1cccc(OC(F)(F)F)c1)Nc1ccc(CCCCn2ccc(CC(=O)OC3CCCCC3)nc2=O)nn1. The minimum atomic E-state index is -4.81. The van der Waals surface area contributed by atoms with E-state index < -0.39 is 23.7 Å². The van der Waals surface area contributed by atoms with Crippen LogP contribution in [-0.4, -0.2) is 44.1 Å². The van der Waals surface area contributed by atoms with Gasteiger partial charge in [-0.25, -0.2) is 4.79 Å². The number of esters is 1. The minimum absolute atomic E-state index is 0.0220. The first-order chi connectivity index (χ1) is 20.1. The van der Waals surface area contributed by atoms with E-state index in [4.69, 9.17) is 4.74 Å². The van der Waals surface area contributed by atoms with Gasteiger partial charge in [-0.2, -0.15) is 10.1 Å². The number of hydrogen-bond donors (Lipinski definition) is 1. The maximum absolute atomic E-state index is 12.4. The molecule has 2 aromatic heterocycles. The highest BCUT2D eigenvalue weighted by Crippen LogP contribution is 2.24. The molecule has 1 aliphatic rings. The molecule has 1 fully saturated rings. The van der Waals surface area contributed by atoms with Crippen molar-refractivity contribution in [3.8, 4) is 5.75 Å². The largest absolute Gasteiger partial charge is 0.573 e. The van der Waals surface area contributed by atoms with Gasteiger partial charge in [0, 0.05) is 12.7 Å². The minimum Gasteiger partial charge on any atom is -0.462 e. The average Bonchev–Trinajstić information content (AvgIpc) is 2.92. The lowest BCUT2D eigenvalue weighted by atomic mass is 9.98. The van der Waals surface area contributed by atoms with Crippen molar-refractivity contribution in [2.24, 2.45) is 0 Å². The molecule has 0 spiro atoms. The van der Waals surface area contributed by atoms with Crippen LogP contribution in [0.15, 0.2) is 53.5 Å². The zero-order valence-corrected chi connectivity index (χ0v) is 22.9. The van der Waals surface area contributed by atoms with Crippen molar-refractivity contribution < 1.29 is 32.2 Å². The summed E-state index contributed by atoms with van der Waals surface area (Å²) < 4.78 is 48.1. The van der Waals surface area contributed by atoms with Crippen LogP contribution in [0.5, 0.6) is 5.75 Å². The van der Waals surface area contributed by atoms with Crippen LogP contribution in [0.3, 0.4) is 0 Å². The molecular formula is C29H32F3N5O5. The fourth-order valence-electron chi connectivity index (χ4n) is 4.66. The van der Waals surface area contributed by atoms with Gasteiger partial charge in [-0.15, -0.1) is 18.3 Å². The molecule has 0 unspecified atom stereocenters. The number of unbranched alkanes of at least 4 members (excludes halogenated alkanes) is 1. The summed E-state index contributed by atoms with van der Waals surface area (Å²) in [7, 11) is 0. The van der Waals surface area contributed by atoms with E-state index in [1.54, 1.807) is 24.4 Å². The van der Waals surface area contributed by atoms with E-state index in [-0.39, 0.29) is 30.7 Å². The number of rotatable bonds is 12. The number of amides is 1.